The molecular formula is C20H18N2O6. The van der Waals surface area contributed by atoms with Gasteiger partial charge in [-0.15, -0.1) is 0 Å². The van der Waals surface area contributed by atoms with Crippen LogP contribution in [0.1, 0.15) is 30.5 Å². The van der Waals surface area contributed by atoms with Crippen molar-refractivity contribution in [3.8, 4) is 5.75 Å². The van der Waals surface area contributed by atoms with Crippen molar-refractivity contribution in [3.63, 3.8) is 0 Å². The topological polar surface area (TPSA) is 121 Å². The van der Waals surface area contributed by atoms with Crippen LogP contribution in [0.2, 0.25) is 0 Å². The lowest BCUT2D eigenvalue weighted by Crippen LogP contribution is -2.30. The number of non-ortho nitro benzene ring substituents is 1. The van der Waals surface area contributed by atoms with Gasteiger partial charge in [0.05, 0.1) is 16.5 Å². The molecule has 0 aliphatic carbocycles. The summed E-state index contributed by atoms with van der Waals surface area (Å²) in [6.45, 7) is 2.18. The monoisotopic (exact) mass is 382 g/mol. The molecule has 8 nitrogen and oxygen atoms in total. The van der Waals surface area contributed by atoms with Crippen LogP contribution in [0.15, 0.2) is 54.1 Å². The Kier molecular flexibility index (Phi) is 5.12. The van der Waals surface area contributed by atoms with Crippen LogP contribution >= 0.6 is 0 Å². The minimum atomic E-state index is -0.817. The zero-order chi connectivity index (χ0) is 20.4. The van der Waals surface area contributed by atoms with Gasteiger partial charge < -0.3 is 15.1 Å². The van der Waals surface area contributed by atoms with E-state index in [2.05, 4.69) is 0 Å². The molecule has 3 rings (SSSR count). The summed E-state index contributed by atoms with van der Waals surface area (Å²) >= 11 is 0. The standard InChI is InChI=1S/C20H18N2O6/c1-2-11-21-17(12-5-9-15(23)10-6-12)16(19(25)20(21)26)18(24)13-3-7-14(8-4-13)22(27)28/h3-10,17,23-24H,2,11H2,1H3/b18-16-. The lowest BCUT2D eigenvalue weighted by Gasteiger charge is -2.24. The maximum Gasteiger partial charge on any atom is 0.295 e. The molecule has 0 aromatic heterocycles. The van der Waals surface area contributed by atoms with Gasteiger partial charge in [-0.05, 0) is 36.2 Å². The Hall–Kier alpha value is -3.68. The van der Waals surface area contributed by atoms with Gasteiger partial charge in [-0.3, -0.25) is 19.7 Å². The first-order chi connectivity index (χ1) is 13.3. The number of nitro benzene ring substituents is 1. The van der Waals surface area contributed by atoms with Crippen molar-refractivity contribution in [1.29, 1.82) is 0 Å². The average molecular weight is 382 g/mol. The second-order valence-electron chi connectivity index (χ2n) is 6.39. The summed E-state index contributed by atoms with van der Waals surface area (Å²) in [5, 5.41) is 31.1. The Morgan fingerprint density at radius 2 is 1.71 bits per heavy atom. The lowest BCUT2D eigenvalue weighted by atomic mass is 9.95. The molecule has 1 aliphatic rings. The first-order valence-electron chi connectivity index (χ1n) is 8.67. The number of rotatable bonds is 5. The number of carbonyl (C=O) groups excluding carboxylic acids is 2. The number of aromatic hydroxyl groups is 1. The molecule has 2 aromatic carbocycles. The summed E-state index contributed by atoms with van der Waals surface area (Å²) in [4.78, 5) is 36.8. The van der Waals surface area contributed by atoms with E-state index in [1.807, 2.05) is 6.92 Å². The molecule has 1 atom stereocenters. The molecule has 1 fully saturated rings. The normalized spacial score (nSPS) is 18.5. The average Bonchev–Trinajstić information content (AvgIpc) is 2.93. The smallest absolute Gasteiger partial charge is 0.295 e. The van der Waals surface area contributed by atoms with Crippen LogP contribution in [0.5, 0.6) is 5.75 Å². The van der Waals surface area contributed by atoms with E-state index >= 15 is 0 Å². The maximum atomic E-state index is 12.7. The molecule has 0 bridgehead atoms. The van der Waals surface area contributed by atoms with Crippen molar-refractivity contribution in [2.24, 2.45) is 0 Å². The quantitative estimate of drug-likeness (QED) is 0.269. The third-order valence-electron chi connectivity index (χ3n) is 4.56. The molecule has 8 heteroatoms. The molecule has 2 aromatic rings. The second-order valence-corrected chi connectivity index (χ2v) is 6.39. The largest absolute Gasteiger partial charge is 0.508 e. The first-order valence-corrected chi connectivity index (χ1v) is 8.67. The molecule has 1 amide bonds. The molecule has 28 heavy (non-hydrogen) atoms. The number of Topliss-reactive ketones (excluding diaryl/α,β-unsaturated/α-hetero) is 1. The lowest BCUT2D eigenvalue weighted by molar-refractivity contribution is -0.384. The van der Waals surface area contributed by atoms with E-state index in [0.29, 0.717) is 18.5 Å². The molecule has 1 unspecified atom stereocenters. The number of carbonyl (C=O) groups is 2. The number of aliphatic hydroxyl groups excluding tert-OH is 1. The summed E-state index contributed by atoms with van der Waals surface area (Å²) in [7, 11) is 0. The van der Waals surface area contributed by atoms with Gasteiger partial charge in [0.25, 0.3) is 17.4 Å². The SMILES string of the molecule is CCCN1C(=O)C(=O)/C(=C(\O)c2ccc([N+](=O)[O-])cc2)C1c1ccc(O)cc1. The molecule has 0 spiro atoms. The predicted molar refractivity (Wildman–Crippen MR) is 101 cm³/mol. The van der Waals surface area contributed by atoms with Gasteiger partial charge in [0.2, 0.25) is 0 Å². The van der Waals surface area contributed by atoms with Crippen molar-refractivity contribution in [1.82, 2.24) is 4.90 Å². The maximum absolute atomic E-state index is 12.7. The minimum absolute atomic E-state index is 0.0339. The van der Waals surface area contributed by atoms with E-state index in [9.17, 15) is 29.9 Å². The number of nitrogens with zero attached hydrogens (tertiary/aromatic N) is 2. The number of hydrogen-bond donors (Lipinski definition) is 2. The van der Waals surface area contributed by atoms with Crippen molar-refractivity contribution < 1.29 is 24.7 Å². The Morgan fingerprint density at radius 1 is 1.11 bits per heavy atom. The zero-order valence-electron chi connectivity index (χ0n) is 15.0. The van der Waals surface area contributed by atoms with E-state index < -0.39 is 28.4 Å². The number of likely N-dealkylation sites (tertiary alicyclic amines) is 1. The number of aliphatic hydroxyl groups is 1. The summed E-state index contributed by atoms with van der Waals surface area (Å²) in [5.74, 6) is -1.90. The Balaban J connectivity index is 2.14. The van der Waals surface area contributed by atoms with E-state index in [4.69, 9.17) is 0 Å². The number of benzene rings is 2. The summed E-state index contributed by atoms with van der Waals surface area (Å²) < 4.78 is 0. The molecule has 2 N–H and O–H groups in total. The Bertz CT molecular complexity index is 963. The number of amides is 1. The number of nitro groups is 1. The summed E-state index contributed by atoms with van der Waals surface area (Å²) in [6, 6.07) is 10.3. The van der Waals surface area contributed by atoms with Gasteiger partial charge in [0.15, 0.2) is 0 Å². The predicted octanol–water partition coefficient (Wildman–Crippen LogP) is 3.13. The van der Waals surface area contributed by atoms with E-state index in [1.54, 1.807) is 12.1 Å². The molecule has 0 saturated carbocycles. The number of phenolic OH excluding ortho intramolecular Hbond substituents is 1. The molecule has 0 radical (unpaired) electrons. The zero-order valence-corrected chi connectivity index (χ0v) is 15.0. The molecule has 144 valence electrons. The second kappa shape index (κ2) is 7.51. The third kappa shape index (κ3) is 3.32. The highest BCUT2D eigenvalue weighted by Crippen LogP contribution is 2.39. The van der Waals surface area contributed by atoms with Crippen LogP contribution in [0.3, 0.4) is 0 Å². The Morgan fingerprint density at radius 3 is 2.25 bits per heavy atom. The number of phenols is 1. The first kappa shape index (κ1) is 19.1. The molecule has 1 aliphatic heterocycles. The Labute approximate surface area is 160 Å². The van der Waals surface area contributed by atoms with Crippen molar-refractivity contribution in [2.75, 3.05) is 6.54 Å². The highest BCUT2D eigenvalue weighted by atomic mass is 16.6. The van der Waals surface area contributed by atoms with Crippen molar-refractivity contribution in [3.05, 3.63) is 75.3 Å². The fourth-order valence-corrected chi connectivity index (χ4v) is 3.25. The fraction of sp³-hybridized carbons (Fsp3) is 0.200. The van der Waals surface area contributed by atoms with E-state index in [-0.39, 0.29) is 22.6 Å². The molecule has 1 heterocycles. The van der Waals surface area contributed by atoms with Gasteiger partial charge in [-0.25, -0.2) is 0 Å². The van der Waals surface area contributed by atoms with E-state index in [0.717, 1.165) is 0 Å². The van der Waals surface area contributed by atoms with Crippen LogP contribution in [0.25, 0.3) is 5.76 Å². The summed E-state index contributed by atoms with van der Waals surface area (Å²) in [5.41, 5.74) is 0.522. The van der Waals surface area contributed by atoms with Crippen LogP contribution in [0, 0.1) is 10.1 Å². The number of hydrogen-bond acceptors (Lipinski definition) is 6. The highest BCUT2D eigenvalue weighted by Gasteiger charge is 2.45. The van der Waals surface area contributed by atoms with Crippen LogP contribution in [0.4, 0.5) is 5.69 Å². The van der Waals surface area contributed by atoms with Crippen molar-refractivity contribution in [2.45, 2.75) is 19.4 Å². The highest BCUT2D eigenvalue weighted by molar-refractivity contribution is 6.46. The number of ketones is 1. The van der Waals surface area contributed by atoms with Crippen molar-refractivity contribution >= 4 is 23.1 Å². The van der Waals surface area contributed by atoms with Crippen LogP contribution in [-0.2, 0) is 9.59 Å². The van der Waals surface area contributed by atoms with Gasteiger partial charge in [0, 0.05) is 24.2 Å². The van der Waals surface area contributed by atoms with Crippen LogP contribution < -0.4 is 0 Å². The van der Waals surface area contributed by atoms with Gasteiger partial charge in [-0.1, -0.05) is 19.1 Å². The molecular weight excluding hydrogens is 364 g/mol. The van der Waals surface area contributed by atoms with Gasteiger partial charge in [-0.2, -0.15) is 0 Å². The summed E-state index contributed by atoms with van der Waals surface area (Å²) in [6.07, 6.45) is 0.610. The van der Waals surface area contributed by atoms with Gasteiger partial charge in [0.1, 0.15) is 11.5 Å². The van der Waals surface area contributed by atoms with Gasteiger partial charge >= 0.3 is 0 Å². The minimum Gasteiger partial charge on any atom is -0.508 e. The van der Waals surface area contributed by atoms with Crippen LogP contribution in [-0.4, -0.2) is 38.3 Å². The third-order valence-corrected chi connectivity index (χ3v) is 4.56. The molecule has 1 saturated heterocycles. The fourth-order valence-electron chi connectivity index (χ4n) is 3.25. The van der Waals surface area contributed by atoms with E-state index in [1.165, 1.54) is 41.3 Å².